The van der Waals surface area contributed by atoms with Crippen molar-refractivity contribution < 1.29 is 14.0 Å². The summed E-state index contributed by atoms with van der Waals surface area (Å²) in [5, 5.41) is 7.51. The minimum absolute atomic E-state index is 0.0560. The van der Waals surface area contributed by atoms with E-state index in [4.69, 9.17) is 4.42 Å². The van der Waals surface area contributed by atoms with Gasteiger partial charge in [-0.05, 0) is 37.6 Å². The molecule has 1 aliphatic rings. The third-order valence-corrected chi connectivity index (χ3v) is 5.75. The van der Waals surface area contributed by atoms with Crippen LogP contribution >= 0.6 is 11.3 Å². The van der Waals surface area contributed by atoms with Crippen LogP contribution in [0.2, 0.25) is 0 Å². The zero-order chi connectivity index (χ0) is 19.2. The fourth-order valence-corrected chi connectivity index (χ4v) is 4.28. The molecular weight excluding hydrogens is 364 g/mol. The molecule has 0 aromatic carbocycles. The van der Waals surface area contributed by atoms with Gasteiger partial charge in [-0.2, -0.15) is 0 Å². The average Bonchev–Trinajstić information content (AvgIpc) is 3.35. The number of carbonyl (C=O) groups is 2. The van der Waals surface area contributed by atoms with Crippen LogP contribution in [-0.2, 0) is 16.1 Å². The molecule has 3 heterocycles. The van der Waals surface area contributed by atoms with Gasteiger partial charge in [-0.15, -0.1) is 11.3 Å². The highest BCUT2D eigenvalue weighted by atomic mass is 32.1. The lowest BCUT2D eigenvalue weighted by Crippen LogP contribution is -2.53. The van der Waals surface area contributed by atoms with E-state index in [0.717, 1.165) is 26.2 Å². The van der Waals surface area contributed by atoms with E-state index in [0.29, 0.717) is 5.76 Å². The van der Waals surface area contributed by atoms with E-state index in [1.165, 1.54) is 11.1 Å². The first-order valence-corrected chi connectivity index (χ1v) is 9.99. The molecule has 2 atom stereocenters. The summed E-state index contributed by atoms with van der Waals surface area (Å²) in [6.07, 6.45) is 1.53. The summed E-state index contributed by atoms with van der Waals surface area (Å²) in [6, 6.07) is 7.47. The van der Waals surface area contributed by atoms with E-state index in [9.17, 15) is 9.59 Å². The maximum absolute atomic E-state index is 12.3. The van der Waals surface area contributed by atoms with Crippen molar-refractivity contribution in [1.82, 2.24) is 20.4 Å². The van der Waals surface area contributed by atoms with Crippen LogP contribution in [0.5, 0.6) is 0 Å². The van der Waals surface area contributed by atoms with E-state index >= 15 is 0 Å². The highest BCUT2D eigenvalue weighted by Gasteiger charge is 2.31. The second-order valence-corrected chi connectivity index (χ2v) is 7.80. The number of nitrogens with one attached hydrogen (secondary N) is 2. The van der Waals surface area contributed by atoms with Crippen molar-refractivity contribution >= 4 is 23.2 Å². The smallest absolute Gasteiger partial charge is 0.309 e. The molecule has 0 aliphatic carbocycles. The van der Waals surface area contributed by atoms with Gasteiger partial charge in [-0.25, -0.2) is 0 Å². The molecule has 1 saturated heterocycles. The lowest BCUT2D eigenvalue weighted by molar-refractivity contribution is -0.140. The largest absolute Gasteiger partial charge is 0.467 e. The summed E-state index contributed by atoms with van der Waals surface area (Å²) in [6.45, 7) is 6.01. The van der Waals surface area contributed by atoms with Gasteiger partial charge >= 0.3 is 11.8 Å². The van der Waals surface area contributed by atoms with Crippen molar-refractivity contribution in [3.8, 4) is 0 Å². The van der Waals surface area contributed by atoms with Crippen molar-refractivity contribution in [3.05, 3.63) is 46.5 Å². The van der Waals surface area contributed by atoms with Crippen molar-refractivity contribution in [2.75, 3.05) is 33.2 Å². The molecular formula is C19H26N4O3S. The summed E-state index contributed by atoms with van der Waals surface area (Å²) in [4.78, 5) is 30.3. The Bertz CT molecular complexity index is 724. The molecule has 7 nitrogen and oxygen atoms in total. The van der Waals surface area contributed by atoms with Gasteiger partial charge in [0.25, 0.3) is 0 Å². The molecule has 0 bridgehead atoms. The van der Waals surface area contributed by atoms with Gasteiger partial charge in [0, 0.05) is 37.1 Å². The summed E-state index contributed by atoms with van der Waals surface area (Å²) < 4.78 is 5.16. The Morgan fingerprint density at radius 2 is 1.96 bits per heavy atom. The van der Waals surface area contributed by atoms with Crippen LogP contribution in [0.4, 0.5) is 0 Å². The minimum Gasteiger partial charge on any atom is -0.467 e. The second kappa shape index (κ2) is 9.16. The van der Waals surface area contributed by atoms with Gasteiger partial charge in [0.05, 0.1) is 18.8 Å². The molecule has 2 aromatic rings. The molecule has 3 rings (SSSR count). The topological polar surface area (TPSA) is 77.8 Å². The summed E-state index contributed by atoms with van der Waals surface area (Å²) in [5.74, 6) is -0.663. The molecule has 2 amide bonds. The molecule has 0 saturated carbocycles. The normalized spacial score (nSPS) is 18.0. The lowest BCUT2D eigenvalue weighted by atomic mass is 10.0. The molecule has 2 N–H and O–H groups in total. The molecule has 8 heteroatoms. The van der Waals surface area contributed by atoms with E-state index in [-0.39, 0.29) is 18.6 Å². The Balaban J connectivity index is 1.60. The van der Waals surface area contributed by atoms with Gasteiger partial charge in [0.15, 0.2) is 0 Å². The Morgan fingerprint density at radius 1 is 1.19 bits per heavy atom. The van der Waals surface area contributed by atoms with Crippen molar-refractivity contribution in [1.29, 1.82) is 0 Å². The molecule has 0 radical (unpaired) electrons. The number of hydrogen-bond acceptors (Lipinski definition) is 6. The molecule has 1 aliphatic heterocycles. The first kappa shape index (κ1) is 19.6. The molecule has 0 unspecified atom stereocenters. The van der Waals surface area contributed by atoms with Gasteiger partial charge in [-0.1, -0.05) is 6.07 Å². The maximum Gasteiger partial charge on any atom is 0.309 e. The number of carbonyl (C=O) groups excluding carboxylic acids is 2. The number of furan rings is 1. The molecule has 1 fully saturated rings. The summed E-state index contributed by atoms with van der Waals surface area (Å²) >= 11 is 1.68. The van der Waals surface area contributed by atoms with Gasteiger partial charge in [0.1, 0.15) is 5.76 Å². The third kappa shape index (κ3) is 5.18. The van der Waals surface area contributed by atoms with Crippen molar-refractivity contribution in [3.63, 3.8) is 0 Å². The van der Waals surface area contributed by atoms with Crippen LogP contribution in [0.25, 0.3) is 0 Å². The summed E-state index contributed by atoms with van der Waals surface area (Å²) in [5.41, 5.74) is 0. The Labute approximate surface area is 163 Å². The molecule has 27 heavy (non-hydrogen) atoms. The van der Waals surface area contributed by atoms with E-state index in [1.54, 1.807) is 23.5 Å². The van der Waals surface area contributed by atoms with Crippen LogP contribution in [0, 0.1) is 0 Å². The third-order valence-electron chi connectivity index (χ3n) is 4.81. The number of hydrogen-bond donors (Lipinski definition) is 2. The molecule has 146 valence electrons. The van der Waals surface area contributed by atoms with Gasteiger partial charge < -0.3 is 20.0 Å². The van der Waals surface area contributed by atoms with Crippen LogP contribution in [0.3, 0.4) is 0 Å². The molecule has 2 aromatic heterocycles. The zero-order valence-corrected chi connectivity index (χ0v) is 16.5. The lowest BCUT2D eigenvalue weighted by Gasteiger charge is -2.40. The quantitative estimate of drug-likeness (QED) is 0.730. The fraction of sp³-hybridized carbons (Fsp3) is 0.474. The van der Waals surface area contributed by atoms with E-state index < -0.39 is 11.8 Å². The fourth-order valence-electron chi connectivity index (χ4n) is 3.31. The summed E-state index contributed by atoms with van der Waals surface area (Å²) in [7, 11) is 2.12. The van der Waals surface area contributed by atoms with Crippen molar-refractivity contribution in [2.45, 2.75) is 25.6 Å². The Morgan fingerprint density at radius 3 is 2.59 bits per heavy atom. The first-order chi connectivity index (χ1) is 13.0. The second-order valence-electron chi connectivity index (χ2n) is 6.82. The van der Waals surface area contributed by atoms with Crippen LogP contribution < -0.4 is 10.6 Å². The first-order valence-electron chi connectivity index (χ1n) is 9.11. The van der Waals surface area contributed by atoms with Gasteiger partial charge in [0.2, 0.25) is 0 Å². The number of likely N-dealkylation sites (N-methyl/N-ethyl adjacent to an activating group) is 1. The standard InChI is InChI=1S/C19H26N4O3S/c1-14(21-19(25)18(24)20-13-15-5-3-11-26-15)17(16-6-4-12-27-16)23-9-7-22(2)8-10-23/h3-6,11-12,14,17H,7-10,13H2,1-2H3,(H,20,24)(H,21,25)/t14-,17+/m1/s1. The van der Waals surface area contributed by atoms with Crippen molar-refractivity contribution in [2.24, 2.45) is 0 Å². The number of nitrogens with zero attached hydrogens (tertiary/aromatic N) is 2. The zero-order valence-electron chi connectivity index (χ0n) is 15.7. The minimum atomic E-state index is -0.651. The van der Waals surface area contributed by atoms with Crippen LogP contribution in [0.15, 0.2) is 40.3 Å². The predicted molar refractivity (Wildman–Crippen MR) is 104 cm³/mol. The number of piperazine rings is 1. The Kier molecular flexibility index (Phi) is 6.65. The number of rotatable bonds is 6. The molecule has 0 spiro atoms. The van der Waals surface area contributed by atoms with Gasteiger partial charge in [-0.3, -0.25) is 14.5 Å². The van der Waals surface area contributed by atoms with Crippen LogP contribution in [0.1, 0.15) is 23.6 Å². The SMILES string of the molecule is C[C@@H](NC(=O)C(=O)NCc1ccco1)[C@@H](c1cccs1)N1CCN(C)CC1. The highest BCUT2D eigenvalue weighted by molar-refractivity contribution is 7.10. The maximum atomic E-state index is 12.3. The Hall–Kier alpha value is -2.16. The van der Waals surface area contributed by atoms with Crippen LogP contribution in [-0.4, -0.2) is 60.9 Å². The monoisotopic (exact) mass is 390 g/mol. The number of thiophene rings is 1. The average molecular weight is 391 g/mol. The predicted octanol–water partition coefficient (Wildman–Crippen LogP) is 1.45. The van der Waals surface area contributed by atoms with E-state index in [2.05, 4.69) is 33.5 Å². The van der Waals surface area contributed by atoms with E-state index in [1.807, 2.05) is 18.4 Å². The highest BCUT2D eigenvalue weighted by Crippen LogP contribution is 2.29. The number of amides is 2.